The maximum absolute atomic E-state index is 11.7. The number of rotatable bonds is 4. The van der Waals surface area contributed by atoms with Crippen molar-refractivity contribution in [1.29, 1.82) is 0 Å². The van der Waals surface area contributed by atoms with Gasteiger partial charge in [0.2, 0.25) is 0 Å². The molecule has 0 spiro atoms. The minimum atomic E-state index is -0.0837. The number of hydrogen-bond donors (Lipinski definition) is 1. The fraction of sp³-hybridized carbons (Fsp3) is 0.636. The molecule has 0 aromatic carbocycles. The molecule has 0 saturated heterocycles. The van der Waals surface area contributed by atoms with Crippen molar-refractivity contribution in [2.45, 2.75) is 46.7 Å². The van der Waals surface area contributed by atoms with Gasteiger partial charge in [0, 0.05) is 18.3 Å². The van der Waals surface area contributed by atoms with Crippen LogP contribution in [0.4, 0.5) is 0 Å². The third-order valence-electron chi connectivity index (χ3n) is 2.50. The van der Waals surface area contributed by atoms with Crippen LogP contribution in [0.5, 0.6) is 0 Å². The van der Waals surface area contributed by atoms with E-state index in [9.17, 15) is 4.79 Å². The highest BCUT2D eigenvalue weighted by Crippen LogP contribution is 2.03. The summed E-state index contributed by atoms with van der Waals surface area (Å²) in [7, 11) is 0. The van der Waals surface area contributed by atoms with Crippen molar-refractivity contribution in [2.75, 3.05) is 0 Å². The Kier molecular flexibility index (Phi) is 3.88. The van der Waals surface area contributed by atoms with E-state index in [1.807, 2.05) is 38.4 Å². The quantitative estimate of drug-likeness (QED) is 0.821. The molecule has 1 heterocycles. The Morgan fingerprint density at radius 3 is 2.73 bits per heavy atom. The Morgan fingerprint density at radius 1 is 1.60 bits per heavy atom. The van der Waals surface area contributed by atoms with Crippen molar-refractivity contribution in [3.8, 4) is 0 Å². The number of carbonyl (C=O) groups is 1. The average molecular weight is 209 g/mol. The molecule has 1 aromatic rings. The fourth-order valence-electron chi connectivity index (χ4n) is 1.34. The van der Waals surface area contributed by atoms with Crippen LogP contribution in [0.1, 0.15) is 43.4 Å². The van der Waals surface area contributed by atoms with Gasteiger partial charge in [0.05, 0.1) is 0 Å². The molecule has 1 unspecified atom stereocenters. The molecular formula is C11H19N3O. The Labute approximate surface area is 90.7 Å². The van der Waals surface area contributed by atoms with Gasteiger partial charge in [0.1, 0.15) is 5.69 Å². The third kappa shape index (κ3) is 2.81. The van der Waals surface area contributed by atoms with Gasteiger partial charge >= 0.3 is 0 Å². The minimum Gasteiger partial charge on any atom is -0.348 e. The van der Waals surface area contributed by atoms with Crippen molar-refractivity contribution in [1.82, 2.24) is 15.1 Å². The molecule has 84 valence electrons. The number of aryl methyl sites for hydroxylation is 2. The summed E-state index contributed by atoms with van der Waals surface area (Å²) >= 11 is 0. The molecule has 0 aliphatic carbocycles. The number of nitrogens with zero attached hydrogens (tertiary/aromatic N) is 2. The second kappa shape index (κ2) is 4.96. The van der Waals surface area contributed by atoms with Crippen LogP contribution in [0.2, 0.25) is 0 Å². The van der Waals surface area contributed by atoms with Gasteiger partial charge < -0.3 is 5.32 Å². The van der Waals surface area contributed by atoms with E-state index in [-0.39, 0.29) is 11.9 Å². The number of aromatic nitrogens is 2. The maximum atomic E-state index is 11.7. The van der Waals surface area contributed by atoms with E-state index < -0.39 is 0 Å². The van der Waals surface area contributed by atoms with Crippen LogP contribution < -0.4 is 5.32 Å². The highest BCUT2D eigenvalue weighted by molar-refractivity contribution is 5.92. The summed E-state index contributed by atoms with van der Waals surface area (Å²) in [5, 5.41) is 7.12. The van der Waals surface area contributed by atoms with Crippen LogP contribution in [-0.2, 0) is 6.54 Å². The topological polar surface area (TPSA) is 46.9 Å². The molecule has 1 amide bonds. The van der Waals surface area contributed by atoms with Gasteiger partial charge in [-0.05, 0) is 33.3 Å². The molecule has 4 nitrogen and oxygen atoms in total. The van der Waals surface area contributed by atoms with Gasteiger partial charge in [0.25, 0.3) is 5.91 Å². The van der Waals surface area contributed by atoms with Gasteiger partial charge in [-0.25, -0.2) is 0 Å². The van der Waals surface area contributed by atoms with Crippen molar-refractivity contribution in [3.63, 3.8) is 0 Å². The lowest BCUT2D eigenvalue weighted by atomic mass is 10.2. The molecule has 0 bridgehead atoms. The molecule has 1 rings (SSSR count). The summed E-state index contributed by atoms with van der Waals surface area (Å²) < 4.78 is 1.82. The third-order valence-corrected chi connectivity index (χ3v) is 2.50. The van der Waals surface area contributed by atoms with Gasteiger partial charge in [0.15, 0.2) is 0 Å². The predicted molar refractivity (Wildman–Crippen MR) is 59.9 cm³/mol. The zero-order valence-corrected chi connectivity index (χ0v) is 9.87. The van der Waals surface area contributed by atoms with E-state index in [0.29, 0.717) is 5.69 Å². The molecule has 0 fully saturated rings. The summed E-state index contributed by atoms with van der Waals surface area (Å²) in [6.45, 7) is 8.79. The van der Waals surface area contributed by atoms with E-state index in [1.165, 1.54) is 0 Å². The summed E-state index contributed by atoms with van der Waals surface area (Å²) in [4.78, 5) is 11.7. The first kappa shape index (κ1) is 11.8. The van der Waals surface area contributed by atoms with Crippen LogP contribution >= 0.6 is 0 Å². The van der Waals surface area contributed by atoms with Crippen molar-refractivity contribution in [3.05, 3.63) is 17.5 Å². The van der Waals surface area contributed by atoms with Crippen LogP contribution in [0.25, 0.3) is 0 Å². The molecule has 0 aliphatic rings. The van der Waals surface area contributed by atoms with Gasteiger partial charge in [-0.1, -0.05) is 6.92 Å². The lowest BCUT2D eigenvalue weighted by molar-refractivity contribution is 0.0933. The molecule has 0 aliphatic heterocycles. The standard InChI is InChI=1S/C11H19N3O/c1-5-8(3)12-11(15)10-7-9(4)14(6-2)13-10/h7-8H,5-6H2,1-4H3,(H,12,15). The molecule has 4 heteroatoms. The van der Waals surface area contributed by atoms with Crippen LogP contribution in [0.15, 0.2) is 6.07 Å². The van der Waals surface area contributed by atoms with E-state index in [2.05, 4.69) is 10.4 Å². The Balaban J connectivity index is 2.74. The SMILES string of the molecule is CCC(C)NC(=O)c1cc(C)n(CC)n1. The maximum Gasteiger partial charge on any atom is 0.271 e. The van der Waals surface area contributed by atoms with E-state index in [1.54, 1.807) is 0 Å². The minimum absolute atomic E-state index is 0.0837. The Hall–Kier alpha value is -1.32. The number of carbonyl (C=O) groups excluding carboxylic acids is 1. The van der Waals surface area contributed by atoms with Crippen LogP contribution in [0, 0.1) is 6.92 Å². The first-order chi connectivity index (χ1) is 7.08. The predicted octanol–water partition coefficient (Wildman–Crippen LogP) is 1.74. The molecule has 1 atom stereocenters. The van der Waals surface area contributed by atoms with Gasteiger partial charge in [-0.3, -0.25) is 9.48 Å². The zero-order chi connectivity index (χ0) is 11.4. The Bertz CT molecular complexity index is 344. The fourth-order valence-corrected chi connectivity index (χ4v) is 1.34. The molecular weight excluding hydrogens is 190 g/mol. The van der Waals surface area contributed by atoms with E-state index in [0.717, 1.165) is 18.7 Å². The smallest absolute Gasteiger partial charge is 0.271 e. The summed E-state index contributed by atoms with van der Waals surface area (Å²) in [5.74, 6) is -0.0837. The van der Waals surface area contributed by atoms with Crippen molar-refractivity contribution in [2.24, 2.45) is 0 Å². The summed E-state index contributed by atoms with van der Waals surface area (Å²) in [6.07, 6.45) is 0.930. The molecule has 1 aromatic heterocycles. The average Bonchev–Trinajstić information content (AvgIpc) is 2.59. The Morgan fingerprint density at radius 2 is 2.27 bits per heavy atom. The first-order valence-corrected chi connectivity index (χ1v) is 5.43. The number of amides is 1. The van der Waals surface area contributed by atoms with Gasteiger partial charge in [-0.2, -0.15) is 5.10 Å². The molecule has 0 saturated carbocycles. The molecule has 1 N–H and O–H groups in total. The lowest BCUT2D eigenvalue weighted by Gasteiger charge is -2.09. The number of nitrogens with one attached hydrogen (secondary N) is 1. The zero-order valence-electron chi connectivity index (χ0n) is 9.87. The highest BCUT2D eigenvalue weighted by Gasteiger charge is 2.12. The second-order valence-electron chi connectivity index (χ2n) is 3.77. The largest absolute Gasteiger partial charge is 0.348 e. The monoisotopic (exact) mass is 209 g/mol. The lowest BCUT2D eigenvalue weighted by Crippen LogP contribution is -2.32. The highest BCUT2D eigenvalue weighted by atomic mass is 16.2. The first-order valence-electron chi connectivity index (χ1n) is 5.43. The summed E-state index contributed by atoms with van der Waals surface area (Å²) in [5.41, 5.74) is 1.53. The van der Waals surface area contributed by atoms with E-state index >= 15 is 0 Å². The normalized spacial score (nSPS) is 12.5. The van der Waals surface area contributed by atoms with Crippen LogP contribution in [-0.4, -0.2) is 21.7 Å². The van der Waals surface area contributed by atoms with Crippen LogP contribution in [0.3, 0.4) is 0 Å². The van der Waals surface area contributed by atoms with Gasteiger partial charge in [-0.15, -0.1) is 0 Å². The summed E-state index contributed by atoms with van der Waals surface area (Å²) in [6, 6.07) is 2.02. The van der Waals surface area contributed by atoms with E-state index in [4.69, 9.17) is 0 Å². The van der Waals surface area contributed by atoms with Crippen molar-refractivity contribution >= 4 is 5.91 Å². The molecule has 0 radical (unpaired) electrons. The number of hydrogen-bond acceptors (Lipinski definition) is 2. The van der Waals surface area contributed by atoms with Crippen molar-refractivity contribution < 1.29 is 4.79 Å². The molecule has 15 heavy (non-hydrogen) atoms. The second-order valence-corrected chi connectivity index (χ2v) is 3.77.